The molecule has 2 aliphatic heterocycles. The van der Waals surface area contributed by atoms with E-state index in [1.165, 1.54) is 20.8 Å². The van der Waals surface area contributed by atoms with E-state index in [0.717, 1.165) is 29.2 Å². The topological polar surface area (TPSA) is 42.7 Å². The molecule has 6 heteroatoms. The Kier molecular flexibility index (Phi) is 4.47. The van der Waals surface area contributed by atoms with Crippen molar-refractivity contribution in [1.82, 2.24) is 0 Å². The third kappa shape index (κ3) is 3.18. The fourth-order valence-corrected chi connectivity index (χ4v) is 5.81. The fraction of sp³-hybridized carbons (Fsp3) is 0.190. The van der Waals surface area contributed by atoms with E-state index in [1.807, 2.05) is 6.07 Å². The average Bonchev–Trinajstić information content (AvgIpc) is 2.72. The maximum atomic E-state index is 11.9. The van der Waals surface area contributed by atoms with Gasteiger partial charge in [-0.3, -0.25) is 0 Å². The molecule has 0 atom stereocenters. The van der Waals surface area contributed by atoms with Gasteiger partial charge in [0, 0.05) is 44.4 Å². The predicted octanol–water partition coefficient (Wildman–Crippen LogP) is 4.76. The molecule has 1 fully saturated rings. The van der Waals surface area contributed by atoms with Crippen LogP contribution in [0.2, 0.25) is 0 Å². The van der Waals surface area contributed by atoms with Crippen LogP contribution in [0.3, 0.4) is 0 Å². The lowest BCUT2D eigenvalue weighted by Crippen LogP contribution is -2.36. The Morgan fingerprint density at radius 1 is 0.815 bits per heavy atom. The van der Waals surface area contributed by atoms with Crippen molar-refractivity contribution < 1.29 is 9.15 Å². The summed E-state index contributed by atoms with van der Waals surface area (Å²) >= 11 is 3.51. The van der Waals surface area contributed by atoms with E-state index in [0.29, 0.717) is 19.0 Å². The van der Waals surface area contributed by atoms with Crippen LogP contribution in [-0.2, 0) is 4.74 Å². The van der Waals surface area contributed by atoms with Crippen molar-refractivity contribution in [3.8, 4) is 11.3 Å². The maximum absolute atomic E-state index is 11.9. The molecular formula is C21H17NO3S2. The molecule has 2 aliphatic rings. The van der Waals surface area contributed by atoms with Crippen molar-refractivity contribution in [3.05, 3.63) is 65.0 Å². The lowest BCUT2D eigenvalue weighted by Gasteiger charge is -2.32. The molecule has 27 heavy (non-hydrogen) atoms. The average molecular weight is 396 g/mol. The molecule has 2 aromatic carbocycles. The van der Waals surface area contributed by atoms with Crippen LogP contribution >= 0.6 is 23.5 Å². The normalized spacial score (nSPS) is 15.9. The summed E-state index contributed by atoms with van der Waals surface area (Å²) in [5, 5.41) is 0. The molecule has 0 saturated carbocycles. The molecule has 3 aromatic rings. The SMILES string of the molecule is O=c1cccc(-c2c(N3CCOCC3)ccc3c2Sc2ccccc2S3)o1. The summed E-state index contributed by atoms with van der Waals surface area (Å²) in [5.74, 6) is 0.619. The zero-order valence-electron chi connectivity index (χ0n) is 14.5. The number of rotatable bonds is 2. The third-order valence-corrected chi connectivity index (χ3v) is 7.27. The van der Waals surface area contributed by atoms with Crippen LogP contribution in [0.25, 0.3) is 11.3 Å². The standard InChI is InChI=1S/C21H17NO3S2/c23-19-7-3-4-15(25-19)20-14(22-10-12-24-13-11-22)8-9-18-21(20)27-17-6-2-1-5-16(17)26-18/h1-9H,10-13H2. The van der Waals surface area contributed by atoms with Crippen LogP contribution in [0.5, 0.6) is 0 Å². The summed E-state index contributed by atoms with van der Waals surface area (Å²) in [6.07, 6.45) is 0. The molecule has 0 spiro atoms. The summed E-state index contributed by atoms with van der Waals surface area (Å²) in [6.45, 7) is 3.08. The first-order chi connectivity index (χ1) is 13.3. The molecular weight excluding hydrogens is 378 g/mol. The van der Waals surface area contributed by atoms with Gasteiger partial charge in [0.15, 0.2) is 0 Å². The monoisotopic (exact) mass is 395 g/mol. The Hall–Kier alpha value is -2.15. The Morgan fingerprint density at radius 3 is 2.37 bits per heavy atom. The predicted molar refractivity (Wildman–Crippen MR) is 108 cm³/mol. The first-order valence-corrected chi connectivity index (χ1v) is 10.5. The van der Waals surface area contributed by atoms with Gasteiger partial charge < -0.3 is 14.1 Å². The number of hydrogen-bond acceptors (Lipinski definition) is 6. The number of fused-ring (bicyclic) bond motifs is 2. The van der Waals surface area contributed by atoms with E-state index >= 15 is 0 Å². The molecule has 0 amide bonds. The minimum atomic E-state index is -0.327. The molecule has 0 aliphatic carbocycles. The first-order valence-electron chi connectivity index (χ1n) is 8.84. The second-order valence-electron chi connectivity index (χ2n) is 6.35. The maximum Gasteiger partial charge on any atom is 0.336 e. The van der Waals surface area contributed by atoms with Crippen LogP contribution in [0.15, 0.2) is 83.4 Å². The molecule has 0 N–H and O–H groups in total. The molecule has 0 unspecified atom stereocenters. The summed E-state index contributed by atoms with van der Waals surface area (Å²) in [7, 11) is 0. The zero-order chi connectivity index (χ0) is 18.2. The molecule has 1 aromatic heterocycles. The summed E-state index contributed by atoms with van der Waals surface area (Å²) in [4.78, 5) is 19.1. The zero-order valence-corrected chi connectivity index (χ0v) is 16.1. The summed E-state index contributed by atoms with van der Waals surface area (Å²) in [6, 6.07) is 17.8. The Morgan fingerprint density at radius 2 is 1.59 bits per heavy atom. The number of ether oxygens (including phenoxy) is 1. The van der Waals surface area contributed by atoms with Gasteiger partial charge in [0.2, 0.25) is 0 Å². The van der Waals surface area contributed by atoms with Crippen molar-refractivity contribution in [1.29, 1.82) is 0 Å². The third-order valence-electron chi connectivity index (χ3n) is 4.67. The highest BCUT2D eigenvalue weighted by Gasteiger charge is 2.26. The van der Waals surface area contributed by atoms with E-state index in [-0.39, 0.29) is 5.63 Å². The van der Waals surface area contributed by atoms with Gasteiger partial charge in [0.25, 0.3) is 0 Å². The van der Waals surface area contributed by atoms with E-state index in [1.54, 1.807) is 29.6 Å². The minimum absolute atomic E-state index is 0.327. The highest BCUT2D eigenvalue weighted by Crippen LogP contribution is 2.53. The second kappa shape index (κ2) is 7.11. The number of nitrogens with zero attached hydrogens (tertiary/aromatic N) is 1. The van der Waals surface area contributed by atoms with Crippen LogP contribution < -0.4 is 10.5 Å². The van der Waals surface area contributed by atoms with Crippen molar-refractivity contribution in [2.45, 2.75) is 19.6 Å². The molecule has 1 saturated heterocycles. The van der Waals surface area contributed by atoms with Crippen LogP contribution in [-0.4, -0.2) is 26.3 Å². The van der Waals surface area contributed by atoms with Crippen LogP contribution in [0.4, 0.5) is 5.69 Å². The van der Waals surface area contributed by atoms with Gasteiger partial charge in [0.05, 0.1) is 18.8 Å². The Balaban J connectivity index is 1.71. The van der Waals surface area contributed by atoms with E-state index in [9.17, 15) is 4.79 Å². The lowest BCUT2D eigenvalue weighted by atomic mass is 10.1. The smallest absolute Gasteiger partial charge is 0.336 e. The van der Waals surface area contributed by atoms with Crippen molar-refractivity contribution in [2.24, 2.45) is 0 Å². The van der Waals surface area contributed by atoms with Gasteiger partial charge in [-0.25, -0.2) is 4.79 Å². The molecule has 3 heterocycles. The van der Waals surface area contributed by atoms with Gasteiger partial charge in [-0.2, -0.15) is 0 Å². The molecule has 136 valence electrons. The number of hydrogen-bond donors (Lipinski definition) is 0. The quantitative estimate of drug-likeness (QED) is 0.488. The number of morpholine rings is 1. The summed E-state index contributed by atoms with van der Waals surface area (Å²) < 4.78 is 11.1. The molecule has 0 radical (unpaired) electrons. The van der Waals surface area contributed by atoms with Crippen molar-refractivity contribution >= 4 is 29.2 Å². The second-order valence-corrected chi connectivity index (χ2v) is 8.48. The van der Waals surface area contributed by atoms with Crippen LogP contribution in [0, 0.1) is 0 Å². The van der Waals surface area contributed by atoms with E-state index in [4.69, 9.17) is 9.15 Å². The highest BCUT2D eigenvalue weighted by atomic mass is 32.2. The van der Waals surface area contributed by atoms with Crippen molar-refractivity contribution in [3.63, 3.8) is 0 Å². The molecule has 5 rings (SSSR count). The Bertz CT molecular complexity index is 1060. The lowest BCUT2D eigenvalue weighted by molar-refractivity contribution is 0.122. The number of anilines is 1. The van der Waals surface area contributed by atoms with E-state index < -0.39 is 0 Å². The number of benzene rings is 2. The largest absolute Gasteiger partial charge is 0.423 e. The fourth-order valence-electron chi connectivity index (χ4n) is 3.41. The summed E-state index contributed by atoms with van der Waals surface area (Å²) in [5.41, 5.74) is 1.77. The van der Waals surface area contributed by atoms with Gasteiger partial charge in [0.1, 0.15) is 5.76 Å². The first kappa shape index (κ1) is 17.0. The Labute approximate surface area is 165 Å². The van der Waals surface area contributed by atoms with E-state index in [2.05, 4.69) is 41.3 Å². The minimum Gasteiger partial charge on any atom is -0.423 e. The van der Waals surface area contributed by atoms with Gasteiger partial charge in [-0.1, -0.05) is 41.7 Å². The van der Waals surface area contributed by atoms with Crippen molar-refractivity contribution in [2.75, 3.05) is 31.2 Å². The van der Waals surface area contributed by atoms with Gasteiger partial charge in [-0.05, 0) is 30.3 Å². The van der Waals surface area contributed by atoms with Crippen LogP contribution in [0.1, 0.15) is 0 Å². The molecule has 0 bridgehead atoms. The van der Waals surface area contributed by atoms with Gasteiger partial charge >= 0.3 is 5.63 Å². The molecule has 4 nitrogen and oxygen atoms in total. The highest BCUT2D eigenvalue weighted by molar-refractivity contribution is 8.05. The van der Waals surface area contributed by atoms with Gasteiger partial charge in [-0.15, -0.1) is 0 Å².